The molecule has 2 aliphatic carbocycles. The molecule has 0 bridgehead atoms. The molecule has 0 saturated heterocycles. The monoisotopic (exact) mass is 369 g/mol. The average Bonchev–Trinajstić information content (AvgIpc) is 3.03. The van der Waals surface area contributed by atoms with Crippen LogP contribution in [0.4, 0.5) is 0 Å². The molecule has 0 radical (unpaired) electrons. The first-order valence-corrected chi connectivity index (χ1v) is 10.2. The van der Waals surface area contributed by atoms with Crippen molar-refractivity contribution in [3.8, 4) is 0 Å². The molecule has 2 aromatic carbocycles. The Labute approximate surface area is 153 Å². The van der Waals surface area contributed by atoms with E-state index in [1.807, 2.05) is 24.3 Å². The van der Waals surface area contributed by atoms with Gasteiger partial charge in [-0.05, 0) is 59.7 Å². The quantitative estimate of drug-likeness (QED) is 0.799. The lowest BCUT2D eigenvalue weighted by Crippen LogP contribution is -2.33. The molecule has 2 N–H and O–H groups in total. The first-order valence-electron chi connectivity index (χ1n) is 8.22. The number of primary sulfonamides is 1. The second kappa shape index (κ2) is 5.87. The van der Waals surface area contributed by atoms with Crippen LogP contribution < -0.4 is 5.14 Å². The SMILES string of the molecule is NS(=O)(=O)c1ccc(C2=CC3(C=C2)CCC3c2ccc(S)cc2)cc1. The summed E-state index contributed by atoms with van der Waals surface area (Å²) in [5.74, 6) is 0.485. The topological polar surface area (TPSA) is 60.2 Å². The van der Waals surface area contributed by atoms with E-state index >= 15 is 0 Å². The molecule has 0 aromatic heterocycles. The fourth-order valence-corrected chi connectivity index (χ4v) is 4.49. The van der Waals surface area contributed by atoms with Crippen LogP contribution in [0.2, 0.25) is 0 Å². The highest BCUT2D eigenvalue weighted by molar-refractivity contribution is 7.89. The molecule has 5 heteroatoms. The summed E-state index contributed by atoms with van der Waals surface area (Å²) in [7, 11) is -3.65. The van der Waals surface area contributed by atoms with Gasteiger partial charge in [-0.3, -0.25) is 0 Å². The second-order valence-corrected chi connectivity index (χ2v) is 8.88. The largest absolute Gasteiger partial charge is 0.238 e. The molecular weight excluding hydrogens is 350 g/mol. The van der Waals surface area contributed by atoms with E-state index in [2.05, 4.69) is 43.0 Å². The summed E-state index contributed by atoms with van der Waals surface area (Å²) in [5.41, 5.74) is 3.57. The Morgan fingerprint density at radius 2 is 1.72 bits per heavy atom. The first-order chi connectivity index (χ1) is 11.9. The fraction of sp³-hybridized carbons (Fsp3) is 0.200. The van der Waals surface area contributed by atoms with Gasteiger partial charge in [0.15, 0.2) is 0 Å². The summed E-state index contributed by atoms with van der Waals surface area (Å²) in [6.07, 6.45) is 9.06. The van der Waals surface area contributed by atoms with E-state index in [4.69, 9.17) is 5.14 Å². The van der Waals surface area contributed by atoms with Gasteiger partial charge < -0.3 is 0 Å². The van der Waals surface area contributed by atoms with E-state index in [1.165, 1.54) is 12.0 Å². The van der Waals surface area contributed by atoms with Gasteiger partial charge >= 0.3 is 0 Å². The highest BCUT2D eigenvalue weighted by Gasteiger charge is 2.45. The van der Waals surface area contributed by atoms with Crippen LogP contribution in [0.1, 0.15) is 29.9 Å². The number of hydrogen-bond donors (Lipinski definition) is 2. The van der Waals surface area contributed by atoms with Crippen LogP contribution in [0.3, 0.4) is 0 Å². The summed E-state index contributed by atoms with van der Waals surface area (Å²) in [6, 6.07) is 15.2. The minimum Gasteiger partial charge on any atom is -0.225 e. The third-order valence-corrected chi connectivity index (χ3v) is 6.55. The zero-order valence-corrected chi connectivity index (χ0v) is 15.3. The Morgan fingerprint density at radius 1 is 1.04 bits per heavy atom. The molecule has 25 heavy (non-hydrogen) atoms. The van der Waals surface area contributed by atoms with Crippen LogP contribution in [0, 0.1) is 5.41 Å². The van der Waals surface area contributed by atoms with Gasteiger partial charge in [-0.25, -0.2) is 13.6 Å². The maximum Gasteiger partial charge on any atom is 0.238 e. The molecule has 0 heterocycles. The lowest BCUT2D eigenvalue weighted by molar-refractivity contribution is 0.221. The molecule has 0 aliphatic heterocycles. The first kappa shape index (κ1) is 16.6. The Bertz CT molecular complexity index is 973. The Morgan fingerprint density at radius 3 is 2.28 bits per heavy atom. The molecule has 1 saturated carbocycles. The highest BCUT2D eigenvalue weighted by Crippen LogP contribution is 2.58. The molecule has 128 valence electrons. The van der Waals surface area contributed by atoms with E-state index in [0.29, 0.717) is 5.92 Å². The van der Waals surface area contributed by atoms with Gasteiger partial charge in [0.1, 0.15) is 0 Å². The van der Waals surface area contributed by atoms with E-state index < -0.39 is 10.0 Å². The van der Waals surface area contributed by atoms with Crippen molar-refractivity contribution in [3.63, 3.8) is 0 Å². The zero-order chi connectivity index (χ0) is 17.7. The number of hydrogen-bond acceptors (Lipinski definition) is 3. The molecule has 1 spiro atoms. The number of rotatable bonds is 3. The van der Waals surface area contributed by atoms with Gasteiger partial charge in [-0.15, -0.1) is 12.6 Å². The molecular formula is C20H19NO2S2. The molecule has 3 nitrogen and oxygen atoms in total. The molecule has 4 rings (SSSR count). The van der Waals surface area contributed by atoms with E-state index in [-0.39, 0.29) is 10.3 Å². The summed E-state index contributed by atoms with van der Waals surface area (Å²) in [6.45, 7) is 0. The van der Waals surface area contributed by atoms with E-state index in [9.17, 15) is 8.42 Å². The van der Waals surface area contributed by atoms with Crippen LogP contribution in [0.5, 0.6) is 0 Å². The van der Waals surface area contributed by atoms with Crippen LogP contribution in [0.15, 0.2) is 76.5 Å². The van der Waals surface area contributed by atoms with Gasteiger partial charge in [-0.2, -0.15) is 0 Å². The highest BCUT2D eigenvalue weighted by atomic mass is 32.2. The van der Waals surface area contributed by atoms with Crippen molar-refractivity contribution >= 4 is 28.2 Å². The molecule has 0 amide bonds. The van der Waals surface area contributed by atoms with Crippen molar-refractivity contribution in [1.29, 1.82) is 0 Å². The second-order valence-electron chi connectivity index (χ2n) is 6.80. The molecule has 2 aromatic rings. The predicted octanol–water partition coefficient (Wildman–Crippen LogP) is 4.14. The van der Waals surface area contributed by atoms with Gasteiger partial charge in [0.25, 0.3) is 0 Å². The number of thiol groups is 1. The minimum absolute atomic E-state index is 0.0755. The summed E-state index contributed by atoms with van der Waals surface area (Å²) < 4.78 is 22.8. The van der Waals surface area contributed by atoms with E-state index in [1.54, 1.807) is 12.1 Å². The fourth-order valence-electron chi connectivity index (χ4n) is 3.83. The average molecular weight is 370 g/mol. The van der Waals surface area contributed by atoms with Crippen LogP contribution in [-0.2, 0) is 10.0 Å². The third kappa shape index (κ3) is 2.97. The normalized spacial score (nSPS) is 25.0. The minimum atomic E-state index is -3.65. The Balaban J connectivity index is 1.62. The number of benzene rings is 2. The smallest absolute Gasteiger partial charge is 0.225 e. The van der Waals surface area contributed by atoms with Crippen LogP contribution in [-0.4, -0.2) is 8.42 Å². The predicted molar refractivity (Wildman–Crippen MR) is 103 cm³/mol. The maximum atomic E-state index is 11.4. The molecule has 2 aliphatic rings. The van der Waals surface area contributed by atoms with Crippen molar-refractivity contribution < 1.29 is 8.42 Å². The van der Waals surface area contributed by atoms with Crippen molar-refractivity contribution in [1.82, 2.24) is 0 Å². The summed E-state index contributed by atoms with van der Waals surface area (Å²) in [5, 5.41) is 5.17. The molecule has 2 atom stereocenters. The Hall–Kier alpha value is -1.82. The van der Waals surface area contributed by atoms with E-state index in [0.717, 1.165) is 22.5 Å². The lowest BCUT2D eigenvalue weighted by Gasteiger charge is -2.45. The summed E-state index contributed by atoms with van der Waals surface area (Å²) in [4.78, 5) is 1.12. The summed E-state index contributed by atoms with van der Waals surface area (Å²) >= 11 is 4.36. The van der Waals surface area contributed by atoms with Gasteiger partial charge in [0.2, 0.25) is 10.0 Å². The zero-order valence-electron chi connectivity index (χ0n) is 13.6. The third-order valence-electron chi connectivity index (χ3n) is 5.32. The number of sulfonamides is 1. The van der Waals surface area contributed by atoms with Crippen molar-refractivity contribution in [3.05, 3.63) is 77.9 Å². The molecule has 2 unspecified atom stereocenters. The standard InChI is InChI=1S/C20H19NO2S2/c21-25(22,23)18-7-3-14(4-8-18)16-9-11-20(13-16)12-10-19(20)15-1-5-17(24)6-2-15/h1-9,11,13,19,24H,10,12H2,(H2,21,22,23). The number of nitrogens with two attached hydrogens (primary N) is 1. The van der Waals surface area contributed by atoms with Crippen LogP contribution >= 0.6 is 12.6 Å². The Kier molecular flexibility index (Phi) is 3.90. The van der Waals surface area contributed by atoms with Crippen molar-refractivity contribution in [2.45, 2.75) is 28.6 Å². The number of allylic oxidation sites excluding steroid dienone is 4. The molecule has 1 fully saturated rings. The van der Waals surface area contributed by atoms with Gasteiger partial charge in [-0.1, -0.05) is 42.5 Å². The van der Waals surface area contributed by atoms with Crippen LogP contribution in [0.25, 0.3) is 5.57 Å². The van der Waals surface area contributed by atoms with Crippen molar-refractivity contribution in [2.75, 3.05) is 0 Å². The van der Waals surface area contributed by atoms with Gasteiger partial charge in [0, 0.05) is 10.3 Å². The van der Waals surface area contributed by atoms with Gasteiger partial charge in [0.05, 0.1) is 4.90 Å². The van der Waals surface area contributed by atoms with Crippen molar-refractivity contribution in [2.24, 2.45) is 10.6 Å². The maximum absolute atomic E-state index is 11.4. The lowest BCUT2D eigenvalue weighted by atomic mass is 9.58.